The first-order valence-corrected chi connectivity index (χ1v) is 7.30. The van der Waals surface area contributed by atoms with Gasteiger partial charge in [0.2, 0.25) is 0 Å². The molecule has 0 radical (unpaired) electrons. The summed E-state index contributed by atoms with van der Waals surface area (Å²) in [6.45, 7) is 6.50. The highest BCUT2D eigenvalue weighted by Crippen LogP contribution is 2.34. The van der Waals surface area contributed by atoms with Crippen LogP contribution in [0.1, 0.15) is 42.8 Å². The van der Waals surface area contributed by atoms with Crippen molar-refractivity contribution >= 4 is 11.6 Å². The molecule has 0 aliphatic heterocycles. The summed E-state index contributed by atoms with van der Waals surface area (Å²) in [6.07, 6.45) is 0.501. The van der Waals surface area contributed by atoms with Gasteiger partial charge in [-0.05, 0) is 34.6 Å². The summed E-state index contributed by atoms with van der Waals surface area (Å²) in [6, 6.07) is 15.0. The van der Waals surface area contributed by atoms with Crippen LogP contribution in [0.15, 0.2) is 48.5 Å². The molecular formula is C18H20ClF. The number of hydrogen-bond acceptors (Lipinski definition) is 0. The van der Waals surface area contributed by atoms with E-state index in [0.29, 0.717) is 12.0 Å². The van der Waals surface area contributed by atoms with Crippen LogP contribution in [-0.2, 0) is 11.8 Å². The normalized spacial score (nSPS) is 13.2. The summed E-state index contributed by atoms with van der Waals surface area (Å²) >= 11 is 6.56. The third-order valence-electron chi connectivity index (χ3n) is 3.46. The first-order valence-electron chi connectivity index (χ1n) is 6.86. The maximum atomic E-state index is 13.7. The summed E-state index contributed by atoms with van der Waals surface area (Å²) in [5.74, 6) is -0.189. The molecule has 2 aromatic carbocycles. The zero-order valence-electron chi connectivity index (χ0n) is 12.2. The van der Waals surface area contributed by atoms with Crippen LogP contribution in [0.4, 0.5) is 4.39 Å². The van der Waals surface area contributed by atoms with E-state index in [4.69, 9.17) is 11.6 Å². The van der Waals surface area contributed by atoms with Gasteiger partial charge in [0, 0.05) is 0 Å². The molecule has 2 rings (SSSR count). The van der Waals surface area contributed by atoms with Gasteiger partial charge in [-0.25, -0.2) is 4.39 Å². The van der Waals surface area contributed by atoms with Crippen LogP contribution in [0.2, 0.25) is 0 Å². The first kappa shape index (κ1) is 15.1. The third kappa shape index (κ3) is 3.40. The van der Waals surface area contributed by atoms with E-state index in [1.165, 1.54) is 11.6 Å². The third-order valence-corrected chi connectivity index (χ3v) is 3.85. The second-order valence-corrected chi connectivity index (χ2v) is 6.63. The molecule has 0 fully saturated rings. The fraction of sp³-hybridized carbons (Fsp3) is 0.333. The minimum Gasteiger partial charge on any atom is -0.207 e. The summed E-state index contributed by atoms with van der Waals surface area (Å²) in [4.78, 5) is 0. The quantitative estimate of drug-likeness (QED) is 0.641. The average Bonchev–Trinajstić information content (AvgIpc) is 2.40. The molecule has 0 amide bonds. The lowest BCUT2D eigenvalue weighted by Gasteiger charge is -2.25. The van der Waals surface area contributed by atoms with Gasteiger partial charge in [-0.15, -0.1) is 11.6 Å². The Hall–Kier alpha value is -1.34. The van der Waals surface area contributed by atoms with Gasteiger partial charge in [-0.3, -0.25) is 0 Å². The van der Waals surface area contributed by atoms with Crippen LogP contribution in [0, 0.1) is 5.82 Å². The van der Waals surface area contributed by atoms with Crippen molar-refractivity contribution in [1.82, 2.24) is 0 Å². The molecule has 106 valence electrons. The first-order chi connectivity index (χ1) is 9.39. The molecule has 2 aromatic rings. The van der Waals surface area contributed by atoms with Gasteiger partial charge in [0.15, 0.2) is 0 Å². The second-order valence-electron chi connectivity index (χ2n) is 6.10. The average molecular weight is 291 g/mol. The fourth-order valence-electron chi connectivity index (χ4n) is 2.42. The highest BCUT2D eigenvalue weighted by molar-refractivity contribution is 6.21. The lowest BCUT2D eigenvalue weighted by atomic mass is 9.82. The number of halogens is 2. The molecule has 0 aromatic heterocycles. The van der Waals surface area contributed by atoms with Crippen molar-refractivity contribution in [1.29, 1.82) is 0 Å². The van der Waals surface area contributed by atoms with Crippen molar-refractivity contribution in [3.8, 4) is 0 Å². The van der Waals surface area contributed by atoms with Crippen molar-refractivity contribution in [3.05, 3.63) is 71.0 Å². The van der Waals surface area contributed by atoms with E-state index in [0.717, 1.165) is 5.56 Å². The topological polar surface area (TPSA) is 0 Å². The van der Waals surface area contributed by atoms with Gasteiger partial charge < -0.3 is 0 Å². The largest absolute Gasteiger partial charge is 0.207 e. The number of benzene rings is 2. The van der Waals surface area contributed by atoms with Crippen LogP contribution in [-0.4, -0.2) is 0 Å². The van der Waals surface area contributed by atoms with E-state index < -0.39 is 0 Å². The molecule has 0 N–H and O–H groups in total. The lowest BCUT2D eigenvalue weighted by molar-refractivity contribution is 0.577. The maximum Gasteiger partial charge on any atom is 0.126 e. The Morgan fingerprint density at radius 3 is 2.25 bits per heavy atom. The molecule has 1 unspecified atom stereocenters. The second kappa shape index (κ2) is 5.97. The van der Waals surface area contributed by atoms with Crippen LogP contribution in [0.25, 0.3) is 0 Å². The predicted octanol–water partition coefficient (Wildman–Crippen LogP) is 5.65. The molecule has 0 heterocycles. The van der Waals surface area contributed by atoms with Crippen LogP contribution >= 0.6 is 11.6 Å². The van der Waals surface area contributed by atoms with Gasteiger partial charge in [0.05, 0.1) is 5.38 Å². The van der Waals surface area contributed by atoms with Crippen molar-refractivity contribution in [2.75, 3.05) is 0 Å². The Morgan fingerprint density at radius 2 is 1.60 bits per heavy atom. The molecule has 0 spiro atoms. The molecule has 1 atom stereocenters. The van der Waals surface area contributed by atoms with Gasteiger partial charge in [-0.1, -0.05) is 63.2 Å². The van der Waals surface area contributed by atoms with E-state index >= 15 is 0 Å². The summed E-state index contributed by atoms with van der Waals surface area (Å²) in [5.41, 5.74) is 3.00. The molecule has 0 nitrogen and oxygen atoms in total. The number of alkyl halides is 1. The van der Waals surface area contributed by atoms with E-state index in [-0.39, 0.29) is 16.6 Å². The summed E-state index contributed by atoms with van der Waals surface area (Å²) in [5, 5.41) is -0.220. The van der Waals surface area contributed by atoms with Gasteiger partial charge in [-0.2, -0.15) is 0 Å². The van der Waals surface area contributed by atoms with E-state index in [1.54, 1.807) is 12.1 Å². The predicted molar refractivity (Wildman–Crippen MR) is 83.8 cm³/mol. The molecule has 0 saturated carbocycles. The SMILES string of the molecule is CC(C)(C)c1ccccc1C(Cl)Cc1ccccc1F. The summed E-state index contributed by atoms with van der Waals surface area (Å²) in [7, 11) is 0. The Balaban J connectivity index is 2.31. The standard InChI is InChI=1S/C18H20ClF/c1-18(2,3)15-10-6-5-9-14(15)16(19)12-13-8-4-7-11-17(13)20/h4-11,16H,12H2,1-3H3. The van der Waals surface area contributed by atoms with E-state index in [9.17, 15) is 4.39 Å². The molecule has 0 aliphatic carbocycles. The minimum absolute atomic E-state index is 0.0268. The van der Waals surface area contributed by atoms with Crippen molar-refractivity contribution in [2.24, 2.45) is 0 Å². The molecule has 20 heavy (non-hydrogen) atoms. The van der Waals surface area contributed by atoms with E-state index in [1.807, 2.05) is 24.3 Å². The Labute approximate surface area is 125 Å². The van der Waals surface area contributed by atoms with Crippen LogP contribution < -0.4 is 0 Å². The number of hydrogen-bond donors (Lipinski definition) is 0. The van der Waals surface area contributed by atoms with E-state index in [2.05, 4.69) is 26.8 Å². The number of rotatable bonds is 3. The van der Waals surface area contributed by atoms with Gasteiger partial charge in [0.1, 0.15) is 5.82 Å². The molecule has 0 saturated heterocycles. The van der Waals surface area contributed by atoms with Gasteiger partial charge >= 0.3 is 0 Å². The molecule has 2 heteroatoms. The Kier molecular flexibility index (Phi) is 4.49. The molecule has 0 aliphatic rings. The van der Waals surface area contributed by atoms with Crippen LogP contribution in [0.3, 0.4) is 0 Å². The minimum atomic E-state index is -0.220. The lowest BCUT2D eigenvalue weighted by Crippen LogP contribution is -2.15. The highest BCUT2D eigenvalue weighted by Gasteiger charge is 2.22. The smallest absolute Gasteiger partial charge is 0.126 e. The van der Waals surface area contributed by atoms with Crippen LogP contribution in [0.5, 0.6) is 0 Å². The van der Waals surface area contributed by atoms with Crippen molar-refractivity contribution in [2.45, 2.75) is 38.0 Å². The highest BCUT2D eigenvalue weighted by atomic mass is 35.5. The van der Waals surface area contributed by atoms with Crippen molar-refractivity contribution < 1.29 is 4.39 Å². The fourth-order valence-corrected chi connectivity index (χ4v) is 2.78. The monoisotopic (exact) mass is 290 g/mol. The zero-order chi connectivity index (χ0) is 14.8. The Morgan fingerprint density at radius 1 is 1.00 bits per heavy atom. The summed E-state index contributed by atoms with van der Waals surface area (Å²) < 4.78 is 13.7. The van der Waals surface area contributed by atoms with Gasteiger partial charge in [0.25, 0.3) is 0 Å². The Bertz CT molecular complexity index is 584. The molecular weight excluding hydrogens is 271 g/mol. The molecule has 0 bridgehead atoms. The zero-order valence-corrected chi connectivity index (χ0v) is 12.9. The maximum absolute atomic E-state index is 13.7. The van der Waals surface area contributed by atoms with Crippen molar-refractivity contribution in [3.63, 3.8) is 0 Å².